The van der Waals surface area contributed by atoms with Gasteiger partial charge in [0.15, 0.2) is 0 Å². The summed E-state index contributed by atoms with van der Waals surface area (Å²) in [7, 11) is 0. The van der Waals surface area contributed by atoms with Crippen LogP contribution in [-0.4, -0.2) is 17.4 Å². The van der Waals surface area contributed by atoms with Crippen LogP contribution in [0.4, 0.5) is 17.1 Å². The van der Waals surface area contributed by atoms with E-state index in [9.17, 15) is 14.9 Å². The van der Waals surface area contributed by atoms with Gasteiger partial charge in [0, 0.05) is 43.5 Å². The van der Waals surface area contributed by atoms with Crippen LogP contribution in [0.5, 0.6) is 0 Å². The van der Waals surface area contributed by atoms with Gasteiger partial charge in [-0.2, -0.15) is 0 Å². The van der Waals surface area contributed by atoms with E-state index in [2.05, 4.69) is 16.3 Å². The third-order valence-corrected chi connectivity index (χ3v) is 4.00. The number of carbonyl (C=O) groups is 1. The molecule has 0 spiro atoms. The Bertz CT molecular complexity index is 756. The molecule has 0 aromatic heterocycles. The van der Waals surface area contributed by atoms with Gasteiger partial charge in [0.1, 0.15) is 0 Å². The number of fused-ring (bicyclic) bond motifs is 1. The molecule has 1 heterocycles. The van der Waals surface area contributed by atoms with E-state index in [1.165, 1.54) is 30.2 Å². The molecular weight excluding hydrogens is 294 g/mol. The fraction of sp³-hybridized carbons (Fsp3) is 0.235. The Hall–Kier alpha value is -2.89. The number of nitro benzene ring substituents is 1. The number of rotatable bonds is 3. The van der Waals surface area contributed by atoms with Crippen molar-refractivity contribution >= 4 is 23.0 Å². The Morgan fingerprint density at radius 2 is 1.96 bits per heavy atom. The van der Waals surface area contributed by atoms with Gasteiger partial charge >= 0.3 is 0 Å². The van der Waals surface area contributed by atoms with E-state index in [-0.39, 0.29) is 11.6 Å². The highest BCUT2D eigenvalue weighted by Gasteiger charge is 2.19. The van der Waals surface area contributed by atoms with Crippen LogP contribution in [-0.2, 0) is 17.8 Å². The van der Waals surface area contributed by atoms with E-state index in [0.29, 0.717) is 0 Å². The summed E-state index contributed by atoms with van der Waals surface area (Å²) < 4.78 is 0. The monoisotopic (exact) mass is 311 g/mol. The number of anilines is 2. The van der Waals surface area contributed by atoms with Crippen molar-refractivity contribution in [1.82, 2.24) is 0 Å². The molecule has 1 amide bonds. The van der Waals surface area contributed by atoms with Crippen LogP contribution in [0.1, 0.15) is 18.1 Å². The molecule has 1 aliphatic rings. The van der Waals surface area contributed by atoms with Gasteiger partial charge in [0.05, 0.1) is 4.92 Å². The SMILES string of the molecule is CC(=O)Nc1cccc2c1CCN(c1ccc([N+](=O)[O-])cc1)C2. The number of hydrogen-bond acceptors (Lipinski definition) is 4. The fourth-order valence-electron chi connectivity index (χ4n) is 2.92. The summed E-state index contributed by atoms with van der Waals surface area (Å²) in [5.74, 6) is -0.0730. The van der Waals surface area contributed by atoms with Crippen molar-refractivity contribution in [3.63, 3.8) is 0 Å². The van der Waals surface area contributed by atoms with Crippen molar-refractivity contribution in [2.75, 3.05) is 16.8 Å². The second kappa shape index (κ2) is 6.08. The number of nitro groups is 1. The van der Waals surface area contributed by atoms with Gasteiger partial charge in [0.2, 0.25) is 5.91 Å². The standard InChI is InChI=1S/C17H17N3O3/c1-12(21)18-17-4-2-3-13-11-19(10-9-16(13)17)14-5-7-15(8-6-14)20(22)23/h2-8H,9-11H2,1H3,(H,18,21). The lowest BCUT2D eigenvalue weighted by Gasteiger charge is -2.31. The topological polar surface area (TPSA) is 75.5 Å². The molecule has 1 N–H and O–H groups in total. The number of nitrogens with zero attached hydrogens (tertiary/aromatic N) is 2. The van der Waals surface area contributed by atoms with E-state index >= 15 is 0 Å². The Labute approximate surface area is 133 Å². The lowest BCUT2D eigenvalue weighted by atomic mass is 9.97. The summed E-state index contributed by atoms with van der Waals surface area (Å²) in [5.41, 5.74) is 4.27. The molecule has 2 aromatic rings. The van der Waals surface area contributed by atoms with Crippen molar-refractivity contribution in [2.24, 2.45) is 0 Å². The van der Waals surface area contributed by atoms with Crippen LogP contribution in [0.25, 0.3) is 0 Å². The van der Waals surface area contributed by atoms with Crippen LogP contribution >= 0.6 is 0 Å². The Kier molecular flexibility index (Phi) is 3.97. The highest BCUT2D eigenvalue weighted by molar-refractivity contribution is 5.89. The number of hydrogen-bond donors (Lipinski definition) is 1. The average molecular weight is 311 g/mol. The number of non-ortho nitro benzene ring substituents is 1. The molecule has 0 bridgehead atoms. The molecule has 0 atom stereocenters. The third-order valence-electron chi connectivity index (χ3n) is 4.00. The first kappa shape index (κ1) is 15.0. The van der Waals surface area contributed by atoms with Gasteiger partial charge in [-0.25, -0.2) is 0 Å². The third kappa shape index (κ3) is 3.15. The molecule has 23 heavy (non-hydrogen) atoms. The van der Waals surface area contributed by atoms with Crippen molar-refractivity contribution in [2.45, 2.75) is 19.9 Å². The molecular formula is C17H17N3O3. The first-order valence-electron chi connectivity index (χ1n) is 7.42. The van der Waals surface area contributed by atoms with Crippen LogP contribution in [0.15, 0.2) is 42.5 Å². The van der Waals surface area contributed by atoms with Crippen molar-refractivity contribution in [1.29, 1.82) is 0 Å². The highest BCUT2D eigenvalue weighted by Crippen LogP contribution is 2.29. The molecule has 0 saturated carbocycles. The van der Waals surface area contributed by atoms with Crippen molar-refractivity contribution in [3.05, 3.63) is 63.7 Å². The second-order valence-electron chi connectivity index (χ2n) is 5.57. The molecule has 0 saturated heterocycles. The van der Waals surface area contributed by atoms with Crippen LogP contribution < -0.4 is 10.2 Å². The molecule has 1 aliphatic heterocycles. The summed E-state index contributed by atoms with van der Waals surface area (Å²) >= 11 is 0. The Morgan fingerprint density at radius 1 is 1.22 bits per heavy atom. The zero-order chi connectivity index (χ0) is 16.4. The Morgan fingerprint density at radius 3 is 2.61 bits per heavy atom. The lowest BCUT2D eigenvalue weighted by molar-refractivity contribution is -0.384. The van der Waals surface area contributed by atoms with Gasteiger partial charge < -0.3 is 10.2 Å². The highest BCUT2D eigenvalue weighted by atomic mass is 16.6. The number of amides is 1. The van der Waals surface area contributed by atoms with Gasteiger partial charge in [-0.15, -0.1) is 0 Å². The molecule has 0 aliphatic carbocycles. The predicted molar refractivity (Wildman–Crippen MR) is 88.6 cm³/mol. The molecule has 118 valence electrons. The fourth-order valence-corrected chi connectivity index (χ4v) is 2.92. The lowest BCUT2D eigenvalue weighted by Crippen LogP contribution is -2.31. The smallest absolute Gasteiger partial charge is 0.269 e. The largest absolute Gasteiger partial charge is 0.367 e. The number of carbonyl (C=O) groups excluding carboxylic acids is 1. The van der Waals surface area contributed by atoms with Crippen LogP contribution in [0.3, 0.4) is 0 Å². The Balaban J connectivity index is 1.83. The quantitative estimate of drug-likeness (QED) is 0.698. The van der Waals surface area contributed by atoms with Crippen LogP contribution in [0.2, 0.25) is 0 Å². The van der Waals surface area contributed by atoms with Gasteiger partial charge in [0.25, 0.3) is 5.69 Å². The number of nitrogens with one attached hydrogen (secondary N) is 1. The van der Waals surface area contributed by atoms with Crippen molar-refractivity contribution < 1.29 is 9.72 Å². The van der Waals surface area contributed by atoms with E-state index in [0.717, 1.165) is 30.9 Å². The predicted octanol–water partition coefficient (Wildman–Crippen LogP) is 3.12. The number of benzene rings is 2. The van der Waals surface area contributed by atoms with E-state index < -0.39 is 4.92 Å². The maximum Gasteiger partial charge on any atom is 0.269 e. The van der Waals surface area contributed by atoms with Crippen LogP contribution in [0, 0.1) is 10.1 Å². The summed E-state index contributed by atoms with van der Waals surface area (Å²) in [4.78, 5) is 23.8. The zero-order valence-corrected chi connectivity index (χ0v) is 12.8. The van der Waals surface area contributed by atoms with E-state index in [1.54, 1.807) is 12.1 Å². The minimum Gasteiger partial charge on any atom is -0.367 e. The first-order chi connectivity index (χ1) is 11.0. The maximum absolute atomic E-state index is 11.3. The zero-order valence-electron chi connectivity index (χ0n) is 12.8. The molecule has 2 aromatic carbocycles. The minimum absolute atomic E-state index is 0.0730. The average Bonchev–Trinajstić information content (AvgIpc) is 2.54. The van der Waals surface area contributed by atoms with Gasteiger partial charge in [-0.3, -0.25) is 14.9 Å². The molecule has 0 radical (unpaired) electrons. The molecule has 6 heteroatoms. The summed E-state index contributed by atoms with van der Waals surface area (Å²) in [6.07, 6.45) is 0.822. The summed E-state index contributed by atoms with van der Waals surface area (Å²) in [6.45, 7) is 3.04. The first-order valence-corrected chi connectivity index (χ1v) is 7.42. The molecule has 0 unspecified atom stereocenters. The van der Waals surface area contributed by atoms with E-state index in [1.807, 2.05) is 12.1 Å². The van der Waals surface area contributed by atoms with Gasteiger partial charge in [-0.05, 0) is 35.7 Å². The normalized spacial score (nSPS) is 13.3. The molecule has 0 fully saturated rings. The summed E-state index contributed by atoms with van der Waals surface area (Å²) in [5, 5.41) is 13.6. The molecule has 6 nitrogen and oxygen atoms in total. The minimum atomic E-state index is -0.394. The molecule has 3 rings (SSSR count). The van der Waals surface area contributed by atoms with E-state index in [4.69, 9.17) is 0 Å². The summed E-state index contributed by atoms with van der Waals surface area (Å²) in [6, 6.07) is 12.5. The van der Waals surface area contributed by atoms with Crippen molar-refractivity contribution in [3.8, 4) is 0 Å². The maximum atomic E-state index is 11.3. The second-order valence-corrected chi connectivity index (χ2v) is 5.57. The van der Waals surface area contributed by atoms with Gasteiger partial charge in [-0.1, -0.05) is 12.1 Å².